The molecule has 10 heteroatoms. The first-order chi connectivity index (χ1) is 16.5. The third-order valence-electron chi connectivity index (χ3n) is 7.02. The number of rotatable bonds is 7. The molecule has 2 atom stereocenters. The van der Waals surface area contributed by atoms with Crippen LogP contribution in [0, 0.1) is 0 Å². The van der Waals surface area contributed by atoms with Gasteiger partial charge in [-0.25, -0.2) is 9.48 Å². The van der Waals surface area contributed by atoms with Crippen LogP contribution in [0.5, 0.6) is 0 Å². The first kappa shape index (κ1) is 25.2. The van der Waals surface area contributed by atoms with E-state index in [-0.39, 0.29) is 35.5 Å². The van der Waals surface area contributed by atoms with E-state index in [1.165, 1.54) is 0 Å². The van der Waals surface area contributed by atoms with E-state index in [2.05, 4.69) is 45.0 Å². The van der Waals surface area contributed by atoms with E-state index in [1.807, 2.05) is 20.5 Å². The number of carbonyl (C=O) groups is 2. The fourth-order valence-corrected chi connectivity index (χ4v) is 5.24. The molecule has 35 heavy (non-hydrogen) atoms. The molecule has 2 aliphatic rings. The summed E-state index contributed by atoms with van der Waals surface area (Å²) in [5.74, 6) is 0.684. The Kier molecular flexibility index (Phi) is 6.95. The van der Waals surface area contributed by atoms with Gasteiger partial charge < -0.3 is 19.9 Å². The van der Waals surface area contributed by atoms with Crippen molar-refractivity contribution in [1.82, 2.24) is 29.4 Å². The lowest BCUT2D eigenvalue weighted by Crippen LogP contribution is -2.40. The molecule has 2 aromatic heterocycles. The predicted octanol–water partition coefficient (Wildman–Crippen LogP) is 3.55. The number of nitrogens with zero attached hydrogens (tertiary/aromatic N) is 6. The van der Waals surface area contributed by atoms with E-state index in [9.17, 15) is 9.59 Å². The monoisotopic (exact) mass is 485 g/mol. The van der Waals surface area contributed by atoms with Gasteiger partial charge in [0.25, 0.3) is 5.91 Å². The van der Waals surface area contributed by atoms with Crippen molar-refractivity contribution in [3.8, 4) is 0 Å². The fraction of sp³-hybridized carbons (Fsp3) is 0.680. The quantitative estimate of drug-likeness (QED) is 0.647. The van der Waals surface area contributed by atoms with E-state index in [1.54, 1.807) is 24.9 Å². The second-order valence-electron chi connectivity index (χ2n) is 11.0. The Morgan fingerprint density at radius 3 is 2.57 bits per heavy atom. The Labute approximate surface area is 207 Å². The highest BCUT2D eigenvalue weighted by molar-refractivity contribution is 6.02. The zero-order chi connectivity index (χ0) is 25.5. The molecule has 0 bridgehead atoms. The van der Waals surface area contributed by atoms with Crippen LogP contribution in [0.15, 0.2) is 12.1 Å². The lowest BCUT2D eigenvalue weighted by Gasteiger charge is -2.26. The van der Waals surface area contributed by atoms with E-state index < -0.39 is 0 Å². The minimum atomic E-state index is -0.310. The van der Waals surface area contributed by atoms with Gasteiger partial charge in [0, 0.05) is 51.3 Å². The molecule has 1 aliphatic heterocycles. The second-order valence-corrected chi connectivity index (χ2v) is 11.0. The van der Waals surface area contributed by atoms with Gasteiger partial charge in [-0.15, -0.1) is 0 Å². The average Bonchev–Trinajstić information content (AvgIpc) is 3.53. The van der Waals surface area contributed by atoms with Crippen molar-refractivity contribution >= 4 is 17.8 Å². The summed E-state index contributed by atoms with van der Waals surface area (Å²) in [5.41, 5.74) is 1.82. The van der Waals surface area contributed by atoms with Gasteiger partial charge in [-0.3, -0.25) is 9.48 Å². The number of aromatic nitrogens is 4. The average molecular weight is 486 g/mol. The van der Waals surface area contributed by atoms with Crippen LogP contribution in [0.2, 0.25) is 0 Å². The number of hydrogen-bond acceptors (Lipinski definition) is 5. The summed E-state index contributed by atoms with van der Waals surface area (Å²) in [6, 6.07) is 4.36. The summed E-state index contributed by atoms with van der Waals surface area (Å²) in [5, 5.41) is 12.3. The van der Waals surface area contributed by atoms with Crippen LogP contribution in [0.4, 0.5) is 10.6 Å². The summed E-state index contributed by atoms with van der Waals surface area (Å²) in [7, 11) is 3.35. The highest BCUT2D eigenvalue weighted by Gasteiger charge is 2.39. The Bertz CT molecular complexity index is 1080. The van der Waals surface area contributed by atoms with Crippen LogP contribution < -0.4 is 5.32 Å². The van der Waals surface area contributed by atoms with Crippen LogP contribution in [-0.2, 0) is 23.9 Å². The molecule has 2 aromatic rings. The van der Waals surface area contributed by atoms with Crippen LogP contribution in [0.25, 0.3) is 0 Å². The van der Waals surface area contributed by atoms with E-state index in [0.717, 1.165) is 38.0 Å². The zero-order valence-corrected chi connectivity index (χ0v) is 22.0. The Balaban J connectivity index is 1.51. The van der Waals surface area contributed by atoms with Crippen molar-refractivity contribution in [2.75, 3.05) is 25.5 Å². The molecule has 3 heterocycles. The van der Waals surface area contributed by atoms with Gasteiger partial charge in [0.2, 0.25) is 0 Å². The van der Waals surface area contributed by atoms with Gasteiger partial charge in [-0.1, -0.05) is 0 Å². The van der Waals surface area contributed by atoms with Crippen molar-refractivity contribution in [2.45, 2.75) is 84.0 Å². The largest absolute Gasteiger partial charge is 0.378 e. The molecule has 3 amide bonds. The van der Waals surface area contributed by atoms with Crippen molar-refractivity contribution in [1.29, 1.82) is 0 Å². The maximum absolute atomic E-state index is 13.1. The number of methoxy groups -OCH3 is 1. The summed E-state index contributed by atoms with van der Waals surface area (Å²) in [6.07, 6.45) is 2.85. The predicted molar refractivity (Wildman–Crippen MR) is 133 cm³/mol. The Morgan fingerprint density at radius 2 is 1.94 bits per heavy atom. The molecule has 1 N–H and O–H groups in total. The van der Waals surface area contributed by atoms with Crippen molar-refractivity contribution in [2.24, 2.45) is 7.05 Å². The minimum Gasteiger partial charge on any atom is -0.378 e. The molecule has 1 aliphatic carbocycles. The Morgan fingerprint density at radius 1 is 1.20 bits per heavy atom. The molecule has 1 saturated heterocycles. The van der Waals surface area contributed by atoms with E-state index >= 15 is 0 Å². The molecular formula is C25H39N7O3. The smallest absolute Gasteiger partial charge is 0.320 e. The molecule has 4 rings (SSSR count). The minimum absolute atomic E-state index is 0.155. The lowest BCUT2D eigenvalue weighted by atomic mass is 10.0. The molecule has 2 fully saturated rings. The van der Waals surface area contributed by atoms with Gasteiger partial charge in [-0.05, 0) is 59.9 Å². The van der Waals surface area contributed by atoms with Gasteiger partial charge >= 0.3 is 6.03 Å². The van der Waals surface area contributed by atoms with Crippen LogP contribution in [0.1, 0.15) is 81.7 Å². The first-order valence-corrected chi connectivity index (χ1v) is 12.5. The number of hydrogen-bond donors (Lipinski definition) is 1. The zero-order valence-electron chi connectivity index (χ0n) is 22.0. The number of aryl methyl sites for hydroxylation is 1. The molecule has 0 spiro atoms. The van der Waals surface area contributed by atoms with E-state index in [4.69, 9.17) is 9.84 Å². The van der Waals surface area contributed by atoms with Crippen molar-refractivity contribution < 1.29 is 14.3 Å². The van der Waals surface area contributed by atoms with Gasteiger partial charge in [0.15, 0.2) is 0 Å². The maximum Gasteiger partial charge on any atom is 0.320 e. The van der Waals surface area contributed by atoms with Gasteiger partial charge in [0.05, 0.1) is 23.5 Å². The van der Waals surface area contributed by atoms with Crippen molar-refractivity contribution in [3.05, 3.63) is 29.2 Å². The first-order valence-electron chi connectivity index (χ1n) is 12.5. The number of urea groups is 1. The van der Waals surface area contributed by atoms with Crippen LogP contribution in [0.3, 0.4) is 0 Å². The highest BCUT2D eigenvalue weighted by atomic mass is 16.5. The number of nitrogens with one attached hydrogen (secondary N) is 1. The molecule has 192 valence electrons. The Hall–Kier alpha value is -2.88. The topological polar surface area (TPSA) is 97.5 Å². The molecule has 1 saturated carbocycles. The molecule has 0 unspecified atom stereocenters. The van der Waals surface area contributed by atoms with Gasteiger partial charge in [0.1, 0.15) is 11.5 Å². The number of carbonyl (C=O) groups excluding carboxylic acids is 2. The number of amides is 3. The number of anilines is 1. The van der Waals surface area contributed by atoms with E-state index in [0.29, 0.717) is 23.8 Å². The fourth-order valence-electron chi connectivity index (χ4n) is 5.24. The number of ether oxygens (including phenoxy) is 1. The molecule has 0 radical (unpaired) electrons. The van der Waals surface area contributed by atoms with Gasteiger partial charge in [-0.2, -0.15) is 10.2 Å². The lowest BCUT2D eigenvalue weighted by molar-refractivity contribution is 0.101. The SMILES string of the molecule is COCc1cc(C(=O)Nc2cc([C@H]3CC[C@@H](N4CCN(C(C)C)C4=O)C3)nn2C(C)(C)C)n(C)n1. The third-order valence-corrected chi connectivity index (χ3v) is 7.02. The maximum atomic E-state index is 13.1. The standard InChI is InChI=1S/C25H39N7O3/c1-16(2)30-10-11-31(24(30)34)19-9-8-17(12-19)20-14-22(32(28-20)25(3,4)5)26-23(33)21-13-18(15-35-7)27-29(21)6/h13-14,16-17,19H,8-12,15H2,1-7H3,(H,26,33)/t17-,19+/m0/s1. The highest BCUT2D eigenvalue weighted by Crippen LogP contribution is 2.39. The summed E-state index contributed by atoms with van der Waals surface area (Å²) >= 11 is 0. The summed E-state index contributed by atoms with van der Waals surface area (Å²) < 4.78 is 8.60. The van der Waals surface area contributed by atoms with Crippen LogP contribution >= 0.6 is 0 Å². The second kappa shape index (κ2) is 9.64. The van der Waals surface area contributed by atoms with Crippen LogP contribution in [-0.4, -0.2) is 73.6 Å². The molecular weight excluding hydrogens is 446 g/mol. The molecule has 0 aromatic carbocycles. The van der Waals surface area contributed by atoms with Crippen molar-refractivity contribution in [3.63, 3.8) is 0 Å². The third kappa shape index (κ3) is 5.07. The summed E-state index contributed by atoms with van der Waals surface area (Å²) in [4.78, 5) is 30.0. The molecule has 10 nitrogen and oxygen atoms in total. The normalized spacial score (nSPS) is 21.0. The summed E-state index contributed by atoms with van der Waals surface area (Å²) in [6.45, 7) is 12.3.